The van der Waals surface area contributed by atoms with Crippen molar-refractivity contribution in [3.05, 3.63) is 35.4 Å². The molecule has 7 nitrogen and oxygen atoms in total. The summed E-state index contributed by atoms with van der Waals surface area (Å²) in [7, 11) is -1.08. The molecule has 10 heteroatoms. The maximum absolute atomic E-state index is 12.9. The number of carbonyl (C=O) groups is 1. The molecular weight excluding hydrogens is 424 g/mol. The van der Waals surface area contributed by atoms with E-state index in [0.29, 0.717) is 17.9 Å². The minimum atomic E-state index is -3.95. The van der Waals surface area contributed by atoms with Gasteiger partial charge in [0.25, 0.3) is 10.0 Å². The highest BCUT2D eigenvalue weighted by Crippen LogP contribution is 2.39. The Morgan fingerprint density at radius 2 is 1.89 bits per heavy atom. The third-order valence-corrected chi connectivity index (χ3v) is 6.89. The number of sulfonamides is 1. The number of hydrogen-bond donors (Lipinski definition) is 2. The molecule has 0 spiro atoms. The van der Waals surface area contributed by atoms with Gasteiger partial charge in [-0.3, -0.25) is 9.52 Å². The summed E-state index contributed by atoms with van der Waals surface area (Å²) in [5.74, 6) is 0.475. The fourth-order valence-electron chi connectivity index (χ4n) is 2.74. The van der Waals surface area contributed by atoms with Gasteiger partial charge in [-0.15, -0.1) is 11.8 Å². The fourth-order valence-corrected chi connectivity index (χ4v) is 5.12. The second-order valence-corrected chi connectivity index (χ2v) is 9.70. The van der Waals surface area contributed by atoms with Crippen LogP contribution >= 0.6 is 23.4 Å². The van der Waals surface area contributed by atoms with Crippen molar-refractivity contribution in [1.82, 2.24) is 0 Å². The van der Waals surface area contributed by atoms with Crippen LogP contribution in [0.1, 0.15) is 13.3 Å². The maximum Gasteiger partial charge on any atom is 0.262 e. The molecule has 0 fully saturated rings. The van der Waals surface area contributed by atoms with Crippen LogP contribution < -0.4 is 19.5 Å². The van der Waals surface area contributed by atoms with E-state index in [9.17, 15) is 13.2 Å². The number of benzene rings is 2. The van der Waals surface area contributed by atoms with Crippen LogP contribution in [0.2, 0.25) is 5.02 Å². The molecule has 0 aliphatic carbocycles. The SMILES string of the molecule is COc1cc(OC)c(NS(=O)(=O)c2ccc3c(c2)NC(=O)C[C@@H](C)S3)cc1Cl. The Morgan fingerprint density at radius 3 is 2.57 bits per heavy atom. The number of fused-ring (bicyclic) bond motifs is 1. The minimum Gasteiger partial charge on any atom is -0.495 e. The standard InChI is InChI=1S/C18H19ClN2O5S2/c1-10-6-18(22)20-14-7-11(4-5-17(14)27-10)28(23,24)21-13-8-12(19)15(25-2)9-16(13)26-3/h4-5,7-10,21H,6H2,1-3H3,(H,20,22)/t10-/m1/s1. The summed E-state index contributed by atoms with van der Waals surface area (Å²) in [6.45, 7) is 1.95. The third-order valence-electron chi connectivity index (χ3n) is 4.05. The van der Waals surface area contributed by atoms with E-state index in [0.717, 1.165) is 4.90 Å². The highest BCUT2D eigenvalue weighted by Gasteiger charge is 2.23. The average molecular weight is 443 g/mol. The molecule has 150 valence electrons. The molecule has 0 saturated heterocycles. The molecule has 1 atom stereocenters. The zero-order valence-electron chi connectivity index (χ0n) is 15.4. The van der Waals surface area contributed by atoms with Gasteiger partial charge in [-0.2, -0.15) is 0 Å². The van der Waals surface area contributed by atoms with Crippen LogP contribution in [0.5, 0.6) is 11.5 Å². The van der Waals surface area contributed by atoms with Crippen LogP contribution in [0.4, 0.5) is 11.4 Å². The highest BCUT2D eigenvalue weighted by atomic mass is 35.5. The summed E-state index contributed by atoms with van der Waals surface area (Å²) in [6.07, 6.45) is 0.362. The molecule has 2 N–H and O–H groups in total. The molecular formula is C18H19ClN2O5S2. The number of nitrogens with one attached hydrogen (secondary N) is 2. The monoisotopic (exact) mass is 442 g/mol. The first-order valence-corrected chi connectivity index (χ1v) is 11.0. The summed E-state index contributed by atoms with van der Waals surface area (Å²) in [6, 6.07) is 7.54. The van der Waals surface area contributed by atoms with Crippen molar-refractivity contribution < 1.29 is 22.7 Å². The van der Waals surface area contributed by atoms with E-state index in [1.165, 1.54) is 50.2 Å². The van der Waals surface area contributed by atoms with E-state index in [2.05, 4.69) is 10.0 Å². The third kappa shape index (κ3) is 4.31. The molecule has 28 heavy (non-hydrogen) atoms. The summed E-state index contributed by atoms with van der Waals surface area (Å²) < 4.78 is 38.6. The average Bonchev–Trinajstić information content (AvgIpc) is 2.77. The van der Waals surface area contributed by atoms with Crippen LogP contribution in [0.15, 0.2) is 40.1 Å². The number of thioether (sulfide) groups is 1. The topological polar surface area (TPSA) is 93.7 Å². The predicted octanol–water partition coefficient (Wildman–Crippen LogP) is 3.98. The zero-order chi connectivity index (χ0) is 20.5. The molecule has 0 radical (unpaired) electrons. The first-order valence-electron chi connectivity index (χ1n) is 8.28. The van der Waals surface area contributed by atoms with Crippen molar-refractivity contribution in [2.75, 3.05) is 24.3 Å². The molecule has 0 bridgehead atoms. The molecule has 1 heterocycles. The lowest BCUT2D eigenvalue weighted by molar-refractivity contribution is -0.116. The molecule has 0 aromatic heterocycles. The maximum atomic E-state index is 12.9. The van der Waals surface area contributed by atoms with E-state index >= 15 is 0 Å². The largest absolute Gasteiger partial charge is 0.495 e. The molecule has 1 aliphatic rings. The second-order valence-electron chi connectivity index (χ2n) is 6.13. The first kappa shape index (κ1) is 20.6. The molecule has 1 amide bonds. The van der Waals surface area contributed by atoms with E-state index in [-0.39, 0.29) is 32.5 Å². The number of carbonyl (C=O) groups excluding carboxylic acids is 1. The van der Waals surface area contributed by atoms with Gasteiger partial charge in [0.15, 0.2) is 0 Å². The fraction of sp³-hybridized carbons (Fsp3) is 0.278. The summed E-state index contributed by atoms with van der Waals surface area (Å²) >= 11 is 7.63. The Balaban J connectivity index is 1.96. The van der Waals surface area contributed by atoms with Gasteiger partial charge in [-0.25, -0.2) is 8.42 Å². The van der Waals surface area contributed by atoms with Gasteiger partial charge in [-0.05, 0) is 24.3 Å². The Hall–Kier alpha value is -2.10. The van der Waals surface area contributed by atoms with Gasteiger partial charge in [0, 0.05) is 22.6 Å². The van der Waals surface area contributed by atoms with Gasteiger partial charge < -0.3 is 14.8 Å². The van der Waals surface area contributed by atoms with Gasteiger partial charge in [-0.1, -0.05) is 18.5 Å². The molecule has 3 rings (SSSR count). The smallest absolute Gasteiger partial charge is 0.262 e. The number of halogens is 1. The number of amides is 1. The summed E-state index contributed by atoms with van der Waals surface area (Å²) in [5.41, 5.74) is 0.650. The van der Waals surface area contributed by atoms with Gasteiger partial charge in [0.05, 0.1) is 35.5 Å². The molecule has 1 aliphatic heterocycles. The van der Waals surface area contributed by atoms with E-state index < -0.39 is 10.0 Å². The number of rotatable bonds is 5. The van der Waals surface area contributed by atoms with Crippen molar-refractivity contribution >= 4 is 50.7 Å². The Kier molecular flexibility index (Phi) is 5.97. The Morgan fingerprint density at radius 1 is 1.18 bits per heavy atom. The van der Waals surface area contributed by atoms with Crippen LogP contribution in [0, 0.1) is 0 Å². The number of anilines is 2. The van der Waals surface area contributed by atoms with Gasteiger partial charge in [0.1, 0.15) is 11.5 Å². The van der Waals surface area contributed by atoms with Gasteiger partial charge >= 0.3 is 0 Å². The lowest BCUT2D eigenvalue weighted by Gasteiger charge is -2.15. The number of methoxy groups -OCH3 is 2. The Labute approximate surface area is 172 Å². The Bertz CT molecular complexity index is 1030. The van der Waals surface area contributed by atoms with Crippen molar-refractivity contribution in [3.8, 4) is 11.5 Å². The molecule has 2 aromatic rings. The van der Waals surface area contributed by atoms with Crippen LogP contribution in [0.25, 0.3) is 0 Å². The molecule has 0 unspecified atom stereocenters. The van der Waals surface area contributed by atoms with Crippen molar-refractivity contribution in [3.63, 3.8) is 0 Å². The summed E-state index contributed by atoms with van der Waals surface area (Å²) in [5, 5.41) is 3.10. The van der Waals surface area contributed by atoms with Crippen LogP contribution in [-0.4, -0.2) is 33.8 Å². The van der Waals surface area contributed by atoms with Crippen molar-refractivity contribution in [1.29, 1.82) is 0 Å². The number of hydrogen-bond acceptors (Lipinski definition) is 6. The number of ether oxygens (including phenoxy) is 2. The van der Waals surface area contributed by atoms with Crippen molar-refractivity contribution in [2.45, 2.75) is 28.4 Å². The lowest BCUT2D eigenvalue weighted by Crippen LogP contribution is -2.15. The zero-order valence-corrected chi connectivity index (χ0v) is 17.8. The van der Waals surface area contributed by atoms with Gasteiger partial charge in [0.2, 0.25) is 5.91 Å². The van der Waals surface area contributed by atoms with Crippen LogP contribution in [-0.2, 0) is 14.8 Å². The van der Waals surface area contributed by atoms with E-state index in [1.54, 1.807) is 6.07 Å². The molecule has 2 aromatic carbocycles. The summed E-state index contributed by atoms with van der Waals surface area (Å²) in [4.78, 5) is 12.8. The first-order chi connectivity index (χ1) is 13.2. The lowest BCUT2D eigenvalue weighted by atomic mass is 10.3. The van der Waals surface area contributed by atoms with E-state index in [4.69, 9.17) is 21.1 Å². The predicted molar refractivity (Wildman–Crippen MR) is 110 cm³/mol. The quantitative estimate of drug-likeness (QED) is 0.727. The van der Waals surface area contributed by atoms with E-state index in [1.807, 2.05) is 6.92 Å². The second kappa shape index (κ2) is 8.10. The normalized spacial score (nSPS) is 16.6. The molecule has 0 saturated carbocycles. The minimum absolute atomic E-state index is 0.00990. The van der Waals surface area contributed by atoms with Crippen molar-refractivity contribution in [2.24, 2.45) is 0 Å². The highest BCUT2D eigenvalue weighted by molar-refractivity contribution is 8.00. The van der Waals surface area contributed by atoms with Crippen LogP contribution in [0.3, 0.4) is 0 Å².